The summed E-state index contributed by atoms with van der Waals surface area (Å²) in [6.07, 6.45) is 0. The summed E-state index contributed by atoms with van der Waals surface area (Å²) >= 11 is 0. The summed E-state index contributed by atoms with van der Waals surface area (Å²) < 4.78 is 30.8. The zero-order valence-electron chi connectivity index (χ0n) is 7.97. The van der Waals surface area contributed by atoms with Gasteiger partial charge in [0.05, 0.1) is 12.6 Å². The van der Waals surface area contributed by atoms with E-state index in [9.17, 15) is 8.78 Å². The number of ether oxygens (including phenoxy) is 1. The molecule has 0 aliphatic carbocycles. The summed E-state index contributed by atoms with van der Waals surface area (Å²) in [5.74, 6) is -1.23. The fourth-order valence-electron chi connectivity index (χ4n) is 1.14. The van der Waals surface area contributed by atoms with E-state index in [1.807, 2.05) is 6.92 Å². The van der Waals surface area contributed by atoms with Crippen molar-refractivity contribution in [1.82, 2.24) is 0 Å². The van der Waals surface area contributed by atoms with E-state index in [1.165, 1.54) is 12.1 Å². The van der Waals surface area contributed by atoms with Gasteiger partial charge in [0.15, 0.2) is 0 Å². The lowest BCUT2D eigenvalue weighted by Gasteiger charge is -2.12. The van der Waals surface area contributed by atoms with Crippen LogP contribution in [0, 0.1) is 11.6 Å². The van der Waals surface area contributed by atoms with Gasteiger partial charge >= 0.3 is 0 Å². The zero-order chi connectivity index (χ0) is 10.6. The molecule has 0 aromatic heterocycles. The lowest BCUT2D eigenvalue weighted by molar-refractivity contribution is 0.132. The normalized spacial score (nSPS) is 12.9. The summed E-state index contributed by atoms with van der Waals surface area (Å²) in [5.41, 5.74) is 5.92. The van der Waals surface area contributed by atoms with Crippen LogP contribution in [0.4, 0.5) is 8.78 Å². The van der Waals surface area contributed by atoms with Crippen molar-refractivity contribution < 1.29 is 13.5 Å². The Morgan fingerprint density at radius 2 is 2.14 bits per heavy atom. The van der Waals surface area contributed by atoms with Gasteiger partial charge in [-0.3, -0.25) is 0 Å². The van der Waals surface area contributed by atoms with Crippen molar-refractivity contribution in [1.29, 1.82) is 0 Å². The highest BCUT2D eigenvalue weighted by Crippen LogP contribution is 2.16. The second kappa shape index (κ2) is 5.02. The Bertz CT molecular complexity index is 304. The van der Waals surface area contributed by atoms with E-state index in [0.717, 1.165) is 6.07 Å². The summed E-state index contributed by atoms with van der Waals surface area (Å²) in [6.45, 7) is 2.59. The molecule has 1 atom stereocenters. The molecule has 4 heteroatoms. The first-order valence-corrected chi connectivity index (χ1v) is 4.43. The minimum atomic E-state index is -0.628. The van der Waals surface area contributed by atoms with Crippen LogP contribution in [-0.4, -0.2) is 13.2 Å². The maximum absolute atomic E-state index is 13.2. The Hall–Kier alpha value is -1.00. The highest BCUT2D eigenvalue weighted by Gasteiger charge is 2.11. The first-order chi connectivity index (χ1) is 6.65. The van der Waals surface area contributed by atoms with E-state index >= 15 is 0 Å². The molecule has 1 unspecified atom stereocenters. The van der Waals surface area contributed by atoms with Gasteiger partial charge in [0, 0.05) is 18.2 Å². The largest absolute Gasteiger partial charge is 0.380 e. The van der Waals surface area contributed by atoms with Crippen LogP contribution in [0.3, 0.4) is 0 Å². The van der Waals surface area contributed by atoms with Crippen LogP contribution in [0.5, 0.6) is 0 Å². The second-order valence-corrected chi connectivity index (χ2v) is 2.93. The van der Waals surface area contributed by atoms with Crippen molar-refractivity contribution in [2.24, 2.45) is 5.73 Å². The molecule has 78 valence electrons. The van der Waals surface area contributed by atoms with Crippen molar-refractivity contribution in [2.75, 3.05) is 13.2 Å². The molecule has 0 fully saturated rings. The fraction of sp³-hybridized carbons (Fsp3) is 0.400. The molecule has 1 aromatic carbocycles. The summed E-state index contributed by atoms with van der Waals surface area (Å²) in [4.78, 5) is 0. The fourth-order valence-corrected chi connectivity index (χ4v) is 1.14. The van der Waals surface area contributed by atoms with Gasteiger partial charge < -0.3 is 10.5 Å². The molecule has 2 nitrogen and oxygen atoms in total. The van der Waals surface area contributed by atoms with Crippen LogP contribution < -0.4 is 5.73 Å². The molecule has 0 bridgehead atoms. The van der Waals surface area contributed by atoms with Crippen LogP contribution in [0.15, 0.2) is 18.2 Å². The summed E-state index contributed by atoms with van der Waals surface area (Å²) in [5, 5.41) is 0. The molecule has 0 aliphatic rings. The van der Waals surface area contributed by atoms with Crippen LogP contribution in [0.25, 0.3) is 0 Å². The molecule has 0 saturated carbocycles. The topological polar surface area (TPSA) is 35.2 Å². The van der Waals surface area contributed by atoms with Crippen molar-refractivity contribution in [2.45, 2.75) is 13.0 Å². The van der Waals surface area contributed by atoms with Crippen LogP contribution in [0.1, 0.15) is 18.5 Å². The van der Waals surface area contributed by atoms with E-state index in [2.05, 4.69) is 0 Å². The van der Waals surface area contributed by atoms with E-state index < -0.39 is 17.7 Å². The molecule has 14 heavy (non-hydrogen) atoms. The van der Waals surface area contributed by atoms with Gasteiger partial charge in [0.2, 0.25) is 0 Å². The van der Waals surface area contributed by atoms with Crippen LogP contribution >= 0.6 is 0 Å². The summed E-state index contributed by atoms with van der Waals surface area (Å²) in [6, 6.07) is 2.80. The first kappa shape index (κ1) is 11.1. The molecule has 0 spiro atoms. The Labute approximate surface area is 81.7 Å². The Morgan fingerprint density at radius 3 is 2.71 bits per heavy atom. The van der Waals surface area contributed by atoms with E-state index in [-0.39, 0.29) is 12.2 Å². The van der Waals surface area contributed by atoms with Gasteiger partial charge in [-0.1, -0.05) is 6.07 Å². The van der Waals surface area contributed by atoms with Crippen molar-refractivity contribution in [3.05, 3.63) is 35.4 Å². The highest BCUT2D eigenvalue weighted by atomic mass is 19.1. The van der Waals surface area contributed by atoms with Crippen molar-refractivity contribution in [3.8, 4) is 0 Å². The lowest BCUT2D eigenvalue weighted by Crippen LogP contribution is -2.18. The van der Waals surface area contributed by atoms with E-state index in [0.29, 0.717) is 6.61 Å². The lowest BCUT2D eigenvalue weighted by atomic mass is 10.1. The average Bonchev–Trinajstić information content (AvgIpc) is 2.14. The van der Waals surface area contributed by atoms with Gasteiger partial charge in [-0.2, -0.15) is 0 Å². The second-order valence-electron chi connectivity index (χ2n) is 2.93. The van der Waals surface area contributed by atoms with Gasteiger partial charge in [0.1, 0.15) is 11.6 Å². The minimum absolute atomic E-state index is 0.235. The maximum Gasteiger partial charge on any atom is 0.130 e. The third-order valence-electron chi connectivity index (χ3n) is 1.86. The standard InChI is InChI=1S/C10H13F2NO/c1-2-14-6-10(13)8-4-3-7(11)5-9(8)12/h3-5,10H,2,6,13H2,1H3. The number of rotatable bonds is 4. The summed E-state index contributed by atoms with van der Waals surface area (Å²) in [7, 11) is 0. The maximum atomic E-state index is 13.2. The van der Waals surface area contributed by atoms with E-state index in [1.54, 1.807) is 0 Å². The molecular formula is C10H13F2NO. The first-order valence-electron chi connectivity index (χ1n) is 4.43. The van der Waals surface area contributed by atoms with Crippen LogP contribution in [0.2, 0.25) is 0 Å². The van der Waals surface area contributed by atoms with Crippen molar-refractivity contribution >= 4 is 0 Å². The predicted molar refractivity (Wildman–Crippen MR) is 49.8 cm³/mol. The zero-order valence-corrected chi connectivity index (χ0v) is 7.97. The minimum Gasteiger partial charge on any atom is -0.380 e. The SMILES string of the molecule is CCOCC(N)c1ccc(F)cc1F. The monoisotopic (exact) mass is 201 g/mol. The van der Waals surface area contributed by atoms with Gasteiger partial charge in [-0.15, -0.1) is 0 Å². The molecule has 1 aromatic rings. The Kier molecular flexibility index (Phi) is 3.98. The third-order valence-corrected chi connectivity index (χ3v) is 1.86. The predicted octanol–water partition coefficient (Wildman–Crippen LogP) is 2.00. The molecule has 0 heterocycles. The Morgan fingerprint density at radius 1 is 1.43 bits per heavy atom. The van der Waals surface area contributed by atoms with E-state index in [4.69, 9.17) is 10.5 Å². The molecule has 1 rings (SSSR count). The van der Waals surface area contributed by atoms with Gasteiger partial charge in [-0.05, 0) is 13.0 Å². The number of hydrogen-bond acceptors (Lipinski definition) is 2. The number of halogens is 2. The third kappa shape index (κ3) is 2.75. The molecule has 0 amide bonds. The smallest absolute Gasteiger partial charge is 0.130 e. The molecular weight excluding hydrogens is 188 g/mol. The number of benzene rings is 1. The molecule has 2 N–H and O–H groups in total. The molecule has 0 aliphatic heterocycles. The highest BCUT2D eigenvalue weighted by molar-refractivity contribution is 5.21. The molecule has 0 radical (unpaired) electrons. The number of nitrogens with two attached hydrogens (primary N) is 1. The van der Waals surface area contributed by atoms with Gasteiger partial charge in [-0.25, -0.2) is 8.78 Å². The van der Waals surface area contributed by atoms with Crippen molar-refractivity contribution in [3.63, 3.8) is 0 Å². The van der Waals surface area contributed by atoms with Gasteiger partial charge in [0.25, 0.3) is 0 Å². The van der Waals surface area contributed by atoms with Crippen LogP contribution in [-0.2, 0) is 4.74 Å². The number of hydrogen-bond donors (Lipinski definition) is 1. The average molecular weight is 201 g/mol. The quantitative estimate of drug-likeness (QED) is 0.808. The Balaban J connectivity index is 2.74. The molecule has 0 saturated heterocycles.